The lowest BCUT2D eigenvalue weighted by atomic mass is 10.00. The predicted molar refractivity (Wildman–Crippen MR) is 71.2 cm³/mol. The minimum absolute atomic E-state index is 0.659. The quantitative estimate of drug-likeness (QED) is 0.745. The van der Waals surface area contributed by atoms with Gasteiger partial charge < -0.3 is 9.67 Å². The molecule has 3 nitrogen and oxygen atoms in total. The highest BCUT2D eigenvalue weighted by Crippen LogP contribution is 2.27. The molecule has 1 aromatic heterocycles. The third-order valence-electron chi connectivity index (χ3n) is 3.22. The molecule has 0 unspecified atom stereocenters. The van der Waals surface area contributed by atoms with Gasteiger partial charge in [-0.3, -0.25) is 0 Å². The SMILES string of the molecule is Cn1ccnc1[C@@H](O)c1cccc2ccccc12. The Kier molecular flexibility index (Phi) is 2.61. The van der Waals surface area contributed by atoms with Crippen LogP contribution in [-0.4, -0.2) is 14.7 Å². The fraction of sp³-hybridized carbons (Fsp3) is 0.133. The fourth-order valence-corrected chi connectivity index (χ4v) is 2.27. The Labute approximate surface area is 105 Å². The first-order valence-corrected chi connectivity index (χ1v) is 5.90. The first-order valence-electron chi connectivity index (χ1n) is 5.90. The van der Waals surface area contributed by atoms with Gasteiger partial charge in [-0.2, -0.15) is 0 Å². The highest BCUT2D eigenvalue weighted by Gasteiger charge is 2.16. The van der Waals surface area contributed by atoms with Crippen LogP contribution in [-0.2, 0) is 7.05 Å². The molecule has 0 bridgehead atoms. The molecule has 2 aromatic carbocycles. The van der Waals surface area contributed by atoms with Crippen molar-refractivity contribution in [2.24, 2.45) is 7.05 Å². The summed E-state index contributed by atoms with van der Waals surface area (Å²) in [6, 6.07) is 14.0. The monoisotopic (exact) mass is 238 g/mol. The van der Waals surface area contributed by atoms with Crippen LogP contribution < -0.4 is 0 Å². The zero-order valence-corrected chi connectivity index (χ0v) is 10.1. The average molecular weight is 238 g/mol. The Morgan fingerprint density at radius 2 is 1.89 bits per heavy atom. The number of rotatable bonds is 2. The van der Waals surface area contributed by atoms with Crippen LogP contribution >= 0.6 is 0 Å². The largest absolute Gasteiger partial charge is 0.380 e. The third-order valence-corrected chi connectivity index (χ3v) is 3.22. The summed E-state index contributed by atoms with van der Waals surface area (Å²) in [7, 11) is 1.89. The summed E-state index contributed by atoms with van der Waals surface area (Å²) in [6.07, 6.45) is 2.84. The van der Waals surface area contributed by atoms with Crippen molar-refractivity contribution in [3.8, 4) is 0 Å². The van der Waals surface area contributed by atoms with Crippen molar-refractivity contribution in [2.45, 2.75) is 6.10 Å². The molecule has 18 heavy (non-hydrogen) atoms. The van der Waals surface area contributed by atoms with Gasteiger partial charge in [-0.05, 0) is 16.3 Å². The van der Waals surface area contributed by atoms with Gasteiger partial charge in [0.1, 0.15) is 11.9 Å². The van der Waals surface area contributed by atoms with E-state index in [1.165, 1.54) is 0 Å². The maximum Gasteiger partial charge on any atom is 0.142 e. The van der Waals surface area contributed by atoms with E-state index in [2.05, 4.69) is 4.98 Å². The maximum absolute atomic E-state index is 10.5. The van der Waals surface area contributed by atoms with Gasteiger partial charge in [0, 0.05) is 19.4 Å². The molecule has 0 amide bonds. The Balaban J connectivity index is 2.18. The highest BCUT2D eigenvalue weighted by molar-refractivity contribution is 5.86. The molecule has 0 saturated carbocycles. The number of aromatic nitrogens is 2. The minimum Gasteiger partial charge on any atom is -0.380 e. The number of aliphatic hydroxyl groups excluding tert-OH is 1. The van der Waals surface area contributed by atoms with Crippen molar-refractivity contribution in [2.75, 3.05) is 0 Å². The van der Waals surface area contributed by atoms with Crippen LogP contribution in [0.15, 0.2) is 54.9 Å². The lowest BCUT2D eigenvalue weighted by molar-refractivity contribution is 0.208. The topological polar surface area (TPSA) is 38.0 Å². The highest BCUT2D eigenvalue weighted by atomic mass is 16.3. The Bertz CT molecular complexity index is 682. The van der Waals surface area contributed by atoms with E-state index in [1.807, 2.05) is 60.3 Å². The van der Waals surface area contributed by atoms with Crippen LogP contribution in [0.2, 0.25) is 0 Å². The normalized spacial score (nSPS) is 12.8. The number of nitrogens with zero attached hydrogens (tertiary/aromatic N) is 2. The molecule has 1 heterocycles. The molecule has 1 atom stereocenters. The molecule has 1 N–H and O–H groups in total. The molecular weight excluding hydrogens is 224 g/mol. The second-order valence-electron chi connectivity index (χ2n) is 4.37. The predicted octanol–water partition coefficient (Wildman–Crippen LogP) is 2.66. The number of hydrogen-bond acceptors (Lipinski definition) is 2. The van der Waals surface area contributed by atoms with Gasteiger partial charge in [-0.25, -0.2) is 4.98 Å². The van der Waals surface area contributed by atoms with Crippen LogP contribution in [0.1, 0.15) is 17.5 Å². The molecule has 0 radical (unpaired) electrons. The van der Waals surface area contributed by atoms with E-state index in [0.717, 1.165) is 16.3 Å². The number of imidazole rings is 1. The molecule has 0 fully saturated rings. The molecule has 3 heteroatoms. The number of aliphatic hydroxyl groups is 1. The third kappa shape index (κ3) is 1.69. The van der Waals surface area contributed by atoms with E-state index >= 15 is 0 Å². The Morgan fingerprint density at radius 1 is 1.11 bits per heavy atom. The molecule has 0 spiro atoms. The minimum atomic E-state index is -0.698. The number of benzene rings is 2. The summed E-state index contributed by atoms with van der Waals surface area (Å²) in [5, 5.41) is 12.7. The van der Waals surface area contributed by atoms with Crippen LogP contribution in [0, 0.1) is 0 Å². The van der Waals surface area contributed by atoms with Gasteiger partial charge in [0.2, 0.25) is 0 Å². The zero-order chi connectivity index (χ0) is 12.5. The molecule has 0 aliphatic carbocycles. The van der Waals surface area contributed by atoms with Crippen LogP contribution in [0.25, 0.3) is 10.8 Å². The molecular formula is C15H14N2O. The first kappa shape index (κ1) is 11.0. The van der Waals surface area contributed by atoms with Gasteiger partial charge in [0.05, 0.1) is 0 Å². The zero-order valence-electron chi connectivity index (χ0n) is 10.1. The average Bonchev–Trinajstić information content (AvgIpc) is 2.83. The molecule has 0 aliphatic heterocycles. The van der Waals surface area contributed by atoms with E-state index in [-0.39, 0.29) is 0 Å². The van der Waals surface area contributed by atoms with Gasteiger partial charge in [-0.15, -0.1) is 0 Å². The summed E-state index contributed by atoms with van der Waals surface area (Å²) < 4.78 is 1.84. The van der Waals surface area contributed by atoms with E-state index in [4.69, 9.17) is 0 Å². The summed E-state index contributed by atoms with van der Waals surface area (Å²) in [6.45, 7) is 0. The molecule has 3 rings (SSSR count). The molecule has 0 aliphatic rings. The molecule has 3 aromatic rings. The van der Waals surface area contributed by atoms with Crippen LogP contribution in [0.4, 0.5) is 0 Å². The van der Waals surface area contributed by atoms with Crippen molar-refractivity contribution < 1.29 is 5.11 Å². The van der Waals surface area contributed by atoms with Crippen molar-refractivity contribution in [3.63, 3.8) is 0 Å². The second-order valence-corrected chi connectivity index (χ2v) is 4.37. The van der Waals surface area contributed by atoms with Crippen molar-refractivity contribution in [3.05, 3.63) is 66.2 Å². The van der Waals surface area contributed by atoms with E-state index in [1.54, 1.807) is 6.20 Å². The van der Waals surface area contributed by atoms with Crippen molar-refractivity contribution in [1.29, 1.82) is 0 Å². The molecule has 0 saturated heterocycles. The fourth-order valence-electron chi connectivity index (χ4n) is 2.27. The number of hydrogen-bond donors (Lipinski definition) is 1. The van der Waals surface area contributed by atoms with E-state index in [0.29, 0.717) is 5.82 Å². The summed E-state index contributed by atoms with van der Waals surface area (Å²) in [4.78, 5) is 4.21. The number of aryl methyl sites for hydroxylation is 1. The summed E-state index contributed by atoms with van der Waals surface area (Å²) in [5.74, 6) is 0.659. The summed E-state index contributed by atoms with van der Waals surface area (Å²) >= 11 is 0. The lowest BCUT2D eigenvalue weighted by Gasteiger charge is -2.13. The molecule has 90 valence electrons. The second kappa shape index (κ2) is 4.27. The van der Waals surface area contributed by atoms with Crippen LogP contribution in [0.5, 0.6) is 0 Å². The van der Waals surface area contributed by atoms with E-state index in [9.17, 15) is 5.11 Å². The Morgan fingerprint density at radius 3 is 2.67 bits per heavy atom. The van der Waals surface area contributed by atoms with Gasteiger partial charge >= 0.3 is 0 Å². The van der Waals surface area contributed by atoms with Crippen LogP contribution in [0.3, 0.4) is 0 Å². The number of fused-ring (bicyclic) bond motifs is 1. The smallest absolute Gasteiger partial charge is 0.142 e. The Hall–Kier alpha value is -2.13. The van der Waals surface area contributed by atoms with Crippen molar-refractivity contribution in [1.82, 2.24) is 9.55 Å². The first-order chi connectivity index (χ1) is 8.77. The summed E-state index contributed by atoms with van der Waals surface area (Å²) in [5.41, 5.74) is 0.891. The van der Waals surface area contributed by atoms with Crippen molar-refractivity contribution >= 4 is 10.8 Å². The van der Waals surface area contributed by atoms with E-state index < -0.39 is 6.10 Å². The van der Waals surface area contributed by atoms with Gasteiger partial charge in [0.15, 0.2) is 0 Å². The standard InChI is InChI=1S/C15H14N2O/c1-17-10-9-16-15(17)14(18)13-8-4-6-11-5-2-3-7-12(11)13/h2-10,14,18H,1H3/t14-/m0/s1. The maximum atomic E-state index is 10.5. The van der Waals surface area contributed by atoms with Gasteiger partial charge in [-0.1, -0.05) is 42.5 Å². The lowest BCUT2D eigenvalue weighted by Crippen LogP contribution is -2.07. The van der Waals surface area contributed by atoms with Gasteiger partial charge in [0.25, 0.3) is 0 Å².